The van der Waals surface area contributed by atoms with Crippen LogP contribution in [0.2, 0.25) is 0 Å². The number of nitrogens with zero attached hydrogens (tertiary/aromatic N) is 1. The molecule has 19 heavy (non-hydrogen) atoms. The first kappa shape index (κ1) is 14.3. The molecule has 0 saturated carbocycles. The van der Waals surface area contributed by atoms with Crippen LogP contribution in [0.4, 0.5) is 0 Å². The number of benzene rings is 1. The van der Waals surface area contributed by atoms with Crippen molar-refractivity contribution in [3.8, 4) is 5.75 Å². The Morgan fingerprint density at radius 1 is 1.58 bits per heavy atom. The zero-order valence-electron chi connectivity index (χ0n) is 11.2. The Kier molecular flexibility index (Phi) is 4.47. The van der Waals surface area contributed by atoms with E-state index in [1.807, 2.05) is 25.1 Å². The molecule has 1 saturated heterocycles. The van der Waals surface area contributed by atoms with Gasteiger partial charge in [0.1, 0.15) is 5.75 Å². The highest BCUT2D eigenvalue weighted by molar-refractivity contribution is 9.10. The molecule has 2 unspecified atom stereocenters. The molecule has 0 radical (unpaired) electrons. The smallest absolute Gasteiger partial charge is 0.263 e. The lowest BCUT2D eigenvalue weighted by Crippen LogP contribution is -2.29. The van der Waals surface area contributed by atoms with Gasteiger partial charge in [0.25, 0.3) is 5.91 Å². The summed E-state index contributed by atoms with van der Waals surface area (Å²) < 4.78 is 6.80. The van der Waals surface area contributed by atoms with Gasteiger partial charge in [-0.15, -0.1) is 0 Å². The third kappa shape index (κ3) is 3.48. The highest BCUT2D eigenvalue weighted by atomic mass is 79.9. The average molecular weight is 327 g/mol. The maximum absolute atomic E-state index is 11.8. The number of likely N-dealkylation sites (N-methyl/N-ethyl adjacent to an activating group) is 1. The number of nitrogens with two attached hydrogens (primary N) is 1. The van der Waals surface area contributed by atoms with E-state index in [4.69, 9.17) is 10.5 Å². The highest BCUT2D eigenvalue weighted by Gasteiger charge is 2.30. The van der Waals surface area contributed by atoms with Gasteiger partial charge in [-0.2, -0.15) is 0 Å². The molecule has 1 amide bonds. The van der Waals surface area contributed by atoms with Gasteiger partial charge in [-0.05, 0) is 37.1 Å². The van der Waals surface area contributed by atoms with E-state index in [-0.39, 0.29) is 18.1 Å². The number of amides is 1. The number of carbonyl (C=O) groups is 1. The fraction of sp³-hybridized carbons (Fsp3) is 0.500. The van der Waals surface area contributed by atoms with Crippen molar-refractivity contribution in [3.63, 3.8) is 0 Å². The third-order valence-corrected chi connectivity index (χ3v) is 3.99. The largest absolute Gasteiger partial charge is 0.481 e. The number of halogens is 1. The molecule has 4 nitrogen and oxygen atoms in total. The molecule has 1 fully saturated rings. The van der Waals surface area contributed by atoms with E-state index in [0.29, 0.717) is 0 Å². The van der Waals surface area contributed by atoms with E-state index >= 15 is 0 Å². The number of ether oxygens (including phenoxy) is 1. The lowest BCUT2D eigenvalue weighted by molar-refractivity contribution is -0.132. The van der Waals surface area contributed by atoms with Gasteiger partial charge >= 0.3 is 0 Å². The number of carbonyl (C=O) groups excluding carboxylic acids is 1. The number of hydrogen-bond donors (Lipinski definition) is 1. The first-order valence-electron chi connectivity index (χ1n) is 6.43. The second kappa shape index (κ2) is 5.92. The summed E-state index contributed by atoms with van der Waals surface area (Å²) in [6, 6.07) is 5.86. The average Bonchev–Trinajstić information content (AvgIpc) is 2.65. The number of hydrogen-bond acceptors (Lipinski definition) is 3. The topological polar surface area (TPSA) is 55.6 Å². The second-order valence-electron chi connectivity index (χ2n) is 5.09. The number of rotatable bonds is 4. The lowest BCUT2D eigenvalue weighted by Gasteiger charge is -2.15. The molecule has 1 aromatic carbocycles. The standard InChI is InChI=1S/C14H19BrN2O2/c1-9(16)7-10-8-11(3-4-12(10)15)19-13-5-6-17(2)14(13)18/h3-4,8-9,13H,5-7,16H2,1-2H3. The van der Waals surface area contributed by atoms with Crippen molar-refractivity contribution in [3.05, 3.63) is 28.2 Å². The molecule has 0 aromatic heterocycles. The molecule has 2 atom stereocenters. The van der Waals surface area contributed by atoms with Gasteiger partial charge in [-0.25, -0.2) is 0 Å². The van der Waals surface area contributed by atoms with Crippen molar-refractivity contribution in [2.24, 2.45) is 5.73 Å². The molecule has 2 N–H and O–H groups in total. The van der Waals surface area contributed by atoms with Crippen LogP contribution >= 0.6 is 15.9 Å². The van der Waals surface area contributed by atoms with E-state index in [9.17, 15) is 4.79 Å². The van der Waals surface area contributed by atoms with Crippen LogP contribution in [-0.4, -0.2) is 36.5 Å². The molecule has 1 heterocycles. The summed E-state index contributed by atoms with van der Waals surface area (Å²) in [5.74, 6) is 0.782. The molecule has 1 aromatic rings. The maximum atomic E-state index is 11.8. The Morgan fingerprint density at radius 2 is 2.32 bits per heavy atom. The van der Waals surface area contributed by atoms with Crippen molar-refractivity contribution < 1.29 is 9.53 Å². The van der Waals surface area contributed by atoms with Gasteiger partial charge in [0, 0.05) is 30.5 Å². The monoisotopic (exact) mass is 326 g/mol. The van der Waals surface area contributed by atoms with E-state index in [1.165, 1.54) is 0 Å². The Bertz CT molecular complexity index is 477. The summed E-state index contributed by atoms with van der Waals surface area (Å²) in [5, 5.41) is 0. The Hall–Kier alpha value is -1.07. The summed E-state index contributed by atoms with van der Waals surface area (Å²) in [6.07, 6.45) is 1.17. The summed E-state index contributed by atoms with van der Waals surface area (Å²) in [5.41, 5.74) is 6.93. The van der Waals surface area contributed by atoms with E-state index in [2.05, 4.69) is 15.9 Å². The van der Waals surface area contributed by atoms with Crippen LogP contribution in [0.3, 0.4) is 0 Å². The van der Waals surface area contributed by atoms with Crippen molar-refractivity contribution in [2.45, 2.75) is 31.9 Å². The van der Waals surface area contributed by atoms with Crippen LogP contribution in [0, 0.1) is 0 Å². The van der Waals surface area contributed by atoms with Gasteiger partial charge in [-0.3, -0.25) is 4.79 Å². The molecule has 5 heteroatoms. The van der Waals surface area contributed by atoms with Crippen LogP contribution in [0.25, 0.3) is 0 Å². The fourth-order valence-electron chi connectivity index (χ4n) is 2.19. The predicted molar refractivity (Wildman–Crippen MR) is 78.2 cm³/mol. The van der Waals surface area contributed by atoms with E-state index in [0.717, 1.165) is 35.2 Å². The molecule has 0 spiro atoms. The van der Waals surface area contributed by atoms with Crippen molar-refractivity contribution in [1.82, 2.24) is 4.90 Å². The normalized spacial score (nSPS) is 20.7. The highest BCUT2D eigenvalue weighted by Crippen LogP contribution is 2.26. The fourth-order valence-corrected chi connectivity index (χ4v) is 2.60. The Balaban J connectivity index is 2.11. The van der Waals surface area contributed by atoms with E-state index in [1.54, 1.807) is 11.9 Å². The summed E-state index contributed by atoms with van der Waals surface area (Å²) in [7, 11) is 1.80. The summed E-state index contributed by atoms with van der Waals surface area (Å²) in [6.45, 7) is 2.72. The molecule has 0 aliphatic carbocycles. The summed E-state index contributed by atoms with van der Waals surface area (Å²) in [4.78, 5) is 13.5. The lowest BCUT2D eigenvalue weighted by atomic mass is 10.1. The van der Waals surface area contributed by atoms with Gasteiger partial charge in [-0.1, -0.05) is 15.9 Å². The third-order valence-electron chi connectivity index (χ3n) is 3.22. The van der Waals surface area contributed by atoms with Crippen LogP contribution < -0.4 is 10.5 Å². The van der Waals surface area contributed by atoms with Gasteiger partial charge in [0.05, 0.1) is 0 Å². The minimum absolute atomic E-state index is 0.0525. The second-order valence-corrected chi connectivity index (χ2v) is 5.94. The van der Waals surface area contributed by atoms with Crippen molar-refractivity contribution in [2.75, 3.05) is 13.6 Å². The first-order chi connectivity index (χ1) is 8.97. The molecule has 0 bridgehead atoms. The van der Waals surface area contributed by atoms with E-state index < -0.39 is 0 Å². The van der Waals surface area contributed by atoms with Crippen LogP contribution in [0.5, 0.6) is 5.75 Å². The Morgan fingerprint density at radius 3 is 2.89 bits per heavy atom. The van der Waals surface area contributed by atoms with Gasteiger partial charge in [0.2, 0.25) is 0 Å². The van der Waals surface area contributed by atoms with Crippen molar-refractivity contribution >= 4 is 21.8 Å². The zero-order chi connectivity index (χ0) is 14.0. The van der Waals surface area contributed by atoms with Gasteiger partial charge in [0.15, 0.2) is 6.10 Å². The minimum Gasteiger partial charge on any atom is -0.481 e. The molecule has 1 aliphatic rings. The summed E-state index contributed by atoms with van der Waals surface area (Å²) >= 11 is 3.51. The zero-order valence-corrected chi connectivity index (χ0v) is 12.8. The SMILES string of the molecule is CC(N)Cc1cc(OC2CCN(C)C2=O)ccc1Br. The van der Waals surface area contributed by atoms with Gasteiger partial charge < -0.3 is 15.4 Å². The van der Waals surface area contributed by atoms with Crippen molar-refractivity contribution in [1.29, 1.82) is 0 Å². The van der Waals surface area contributed by atoms with Crippen LogP contribution in [0.1, 0.15) is 18.9 Å². The molecular weight excluding hydrogens is 308 g/mol. The number of likely N-dealkylation sites (tertiary alicyclic amines) is 1. The minimum atomic E-state index is -0.352. The molecule has 1 aliphatic heterocycles. The quantitative estimate of drug-likeness (QED) is 0.920. The molecular formula is C14H19BrN2O2. The van der Waals surface area contributed by atoms with Crippen LogP contribution in [0.15, 0.2) is 22.7 Å². The molecule has 104 valence electrons. The first-order valence-corrected chi connectivity index (χ1v) is 7.22. The maximum Gasteiger partial charge on any atom is 0.263 e. The molecule has 2 rings (SSSR count). The van der Waals surface area contributed by atoms with Crippen LogP contribution in [-0.2, 0) is 11.2 Å². The Labute approximate surface area is 122 Å². The predicted octanol–water partition coefficient (Wildman–Crippen LogP) is 1.95.